The Morgan fingerprint density at radius 2 is 2.19 bits per heavy atom. The SMILES string of the molecule is CN1CCC(C)(CNc2ccncn2)CC1. The molecule has 0 aromatic carbocycles. The van der Waals surface area contributed by atoms with Crippen LogP contribution in [0.15, 0.2) is 18.6 Å². The summed E-state index contributed by atoms with van der Waals surface area (Å²) in [6.45, 7) is 5.75. The number of piperidine rings is 1. The third kappa shape index (κ3) is 2.92. The molecule has 1 aliphatic heterocycles. The normalized spacial score (nSPS) is 20.6. The summed E-state index contributed by atoms with van der Waals surface area (Å²) < 4.78 is 0. The molecule has 88 valence electrons. The molecule has 1 saturated heterocycles. The number of hydrogen-bond donors (Lipinski definition) is 1. The Balaban J connectivity index is 1.85. The topological polar surface area (TPSA) is 41.0 Å². The number of hydrogen-bond acceptors (Lipinski definition) is 4. The molecule has 0 spiro atoms. The first-order valence-electron chi connectivity index (χ1n) is 5.86. The molecule has 16 heavy (non-hydrogen) atoms. The van der Waals surface area contributed by atoms with Crippen molar-refractivity contribution in [2.45, 2.75) is 19.8 Å². The van der Waals surface area contributed by atoms with Gasteiger partial charge in [-0.3, -0.25) is 0 Å². The Morgan fingerprint density at radius 1 is 1.44 bits per heavy atom. The highest BCUT2D eigenvalue weighted by Crippen LogP contribution is 2.30. The Labute approximate surface area is 97.1 Å². The van der Waals surface area contributed by atoms with E-state index in [0.717, 1.165) is 12.4 Å². The summed E-state index contributed by atoms with van der Waals surface area (Å²) in [5, 5.41) is 3.40. The third-order valence-electron chi connectivity index (χ3n) is 3.47. The average molecular weight is 220 g/mol. The van der Waals surface area contributed by atoms with Gasteiger partial charge in [-0.15, -0.1) is 0 Å². The van der Waals surface area contributed by atoms with Gasteiger partial charge in [-0.25, -0.2) is 9.97 Å². The smallest absolute Gasteiger partial charge is 0.129 e. The van der Waals surface area contributed by atoms with E-state index >= 15 is 0 Å². The van der Waals surface area contributed by atoms with Gasteiger partial charge in [0.15, 0.2) is 0 Å². The summed E-state index contributed by atoms with van der Waals surface area (Å²) in [6.07, 6.45) is 5.86. The second-order valence-corrected chi connectivity index (χ2v) is 5.06. The van der Waals surface area contributed by atoms with Crippen LogP contribution in [-0.2, 0) is 0 Å². The van der Waals surface area contributed by atoms with Gasteiger partial charge in [-0.1, -0.05) is 6.92 Å². The molecular weight excluding hydrogens is 200 g/mol. The standard InChI is InChI=1S/C12H20N4/c1-12(4-7-16(2)8-5-12)9-14-11-3-6-13-10-15-11/h3,6,10H,4-5,7-9H2,1-2H3,(H,13,14,15). The number of anilines is 1. The van der Waals surface area contributed by atoms with Gasteiger partial charge < -0.3 is 10.2 Å². The first-order valence-corrected chi connectivity index (χ1v) is 5.86. The third-order valence-corrected chi connectivity index (χ3v) is 3.47. The van der Waals surface area contributed by atoms with E-state index in [-0.39, 0.29) is 0 Å². The maximum Gasteiger partial charge on any atom is 0.129 e. The Kier molecular flexibility index (Phi) is 3.39. The molecule has 0 saturated carbocycles. The molecule has 2 rings (SSSR count). The predicted octanol–water partition coefficient (Wildman–Crippen LogP) is 1.62. The molecule has 0 bridgehead atoms. The van der Waals surface area contributed by atoms with E-state index in [1.807, 2.05) is 6.07 Å². The summed E-state index contributed by atoms with van der Waals surface area (Å²) in [7, 11) is 2.19. The molecule has 1 aromatic rings. The molecule has 0 unspecified atom stereocenters. The van der Waals surface area contributed by atoms with Gasteiger partial charge in [-0.05, 0) is 44.5 Å². The number of aromatic nitrogens is 2. The fourth-order valence-electron chi connectivity index (χ4n) is 2.03. The van der Waals surface area contributed by atoms with Crippen LogP contribution in [0, 0.1) is 5.41 Å². The molecule has 1 aliphatic rings. The highest BCUT2D eigenvalue weighted by molar-refractivity contribution is 5.31. The van der Waals surface area contributed by atoms with Crippen molar-refractivity contribution in [1.82, 2.24) is 14.9 Å². The minimum Gasteiger partial charge on any atom is -0.369 e. The molecule has 4 heteroatoms. The van der Waals surface area contributed by atoms with Gasteiger partial charge in [0, 0.05) is 12.7 Å². The van der Waals surface area contributed by atoms with E-state index < -0.39 is 0 Å². The molecule has 1 aromatic heterocycles. The first-order chi connectivity index (χ1) is 7.68. The number of rotatable bonds is 3. The highest BCUT2D eigenvalue weighted by atomic mass is 15.1. The fraction of sp³-hybridized carbons (Fsp3) is 0.667. The number of nitrogens with zero attached hydrogens (tertiary/aromatic N) is 3. The van der Waals surface area contributed by atoms with Crippen LogP contribution in [0.1, 0.15) is 19.8 Å². The molecule has 0 amide bonds. The quantitative estimate of drug-likeness (QED) is 0.840. The van der Waals surface area contributed by atoms with Gasteiger partial charge in [0.1, 0.15) is 12.1 Å². The second-order valence-electron chi connectivity index (χ2n) is 5.06. The van der Waals surface area contributed by atoms with Gasteiger partial charge in [0.25, 0.3) is 0 Å². The van der Waals surface area contributed by atoms with Crippen molar-refractivity contribution < 1.29 is 0 Å². The van der Waals surface area contributed by atoms with Gasteiger partial charge in [0.2, 0.25) is 0 Å². The average Bonchev–Trinajstić information content (AvgIpc) is 2.33. The zero-order chi connectivity index (χ0) is 11.4. The van der Waals surface area contributed by atoms with Crippen LogP contribution in [0.3, 0.4) is 0 Å². The van der Waals surface area contributed by atoms with Crippen molar-refractivity contribution in [2.24, 2.45) is 5.41 Å². The lowest BCUT2D eigenvalue weighted by Gasteiger charge is -2.38. The molecule has 4 nitrogen and oxygen atoms in total. The van der Waals surface area contributed by atoms with Gasteiger partial charge in [-0.2, -0.15) is 0 Å². The van der Waals surface area contributed by atoms with E-state index in [2.05, 4.69) is 34.2 Å². The minimum absolute atomic E-state index is 0.400. The van der Waals surface area contributed by atoms with Crippen molar-refractivity contribution in [3.8, 4) is 0 Å². The molecule has 1 N–H and O–H groups in total. The Morgan fingerprint density at radius 3 is 2.81 bits per heavy atom. The van der Waals surface area contributed by atoms with Crippen molar-refractivity contribution in [3.05, 3.63) is 18.6 Å². The van der Waals surface area contributed by atoms with Gasteiger partial charge >= 0.3 is 0 Å². The number of nitrogens with one attached hydrogen (secondary N) is 1. The molecule has 0 radical (unpaired) electrons. The van der Waals surface area contributed by atoms with E-state index in [4.69, 9.17) is 0 Å². The predicted molar refractivity (Wildman–Crippen MR) is 65.4 cm³/mol. The molecule has 0 aliphatic carbocycles. The van der Waals surface area contributed by atoms with Crippen LogP contribution in [0.4, 0.5) is 5.82 Å². The lowest BCUT2D eigenvalue weighted by molar-refractivity contribution is 0.150. The van der Waals surface area contributed by atoms with Crippen LogP contribution in [0.25, 0.3) is 0 Å². The van der Waals surface area contributed by atoms with Crippen molar-refractivity contribution in [1.29, 1.82) is 0 Å². The monoisotopic (exact) mass is 220 g/mol. The second kappa shape index (κ2) is 4.78. The van der Waals surface area contributed by atoms with Crippen LogP contribution in [0.5, 0.6) is 0 Å². The summed E-state index contributed by atoms with van der Waals surface area (Å²) in [6, 6.07) is 1.91. The lowest BCUT2D eigenvalue weighted by Crippen LogP contribution is -2.40. The summed E-state index contributed by atoms with van der Waals surface area (Å²) in [4.78, 5) is 10.5. The van der Waals surface area contributed by atoms with Crippen LogP contribution < -0.4 is 5.32 Å². The van der Waals surface area contributed by atoms with Crippen LogP contribution >= 0.6 is 0 Å². The lowest BCUT2D eigenvalue weighted by atomic mass is 9.80. The summed E-state index contributed by atoms with van der Waals surface area (Å²) >= 11 is 0. The zero-order valence-electron chi connectivity index (χ0n) is 10.1. The van der Waals surface area contributed by atoms with Crippen molar-refractivity contribution >= 4 is 5.82 Å². The summed E-state index contributed by atoms with van der Waals surface area (Å²) in [5.41, 5.74) is 0.400. The van der Waals surface area contributed by atoms with Crippen LogP contribution in [-0.4, -0.2) is 41.5 Å². The molecular formula is C12H20N4. The number of likely N-dealkylation sites (tertiary alicyclic amines) is 1. The van der Waals surface area contributed by atoms with E-state index in [1.54, 1.807) is 12.5 Å². The largest absolute Gasteiger partial charge is 0.369 e. The maximum atomic E-state index is 4.18. The van der Waals surface area contributed by atoms with E-state index in [1.165, 1.54) is 25.9 Å². The molecule has 0 atom stereocenters. The van der Waals surface area contributed by atoms with E-state index in [0.29, 0.717) is 5.41 Å². The van der Waals surface area contributed by atoms with Crippen molar-refractivity contribution in [3.63, 3.8) is 0 Å². The molecule has 2 heterocycles. The Hall–Kier alpha value is -1.16. The zero-order valence-corrected chi connectivity index (χ0v) is 10.1. The maximum absolute atomic E-state index is 4.18. The fourth-order valence-corrected chi connectivity index (χ4v) is 2.03. The first kappa shape index (κ1) is 11.3. The Bertz CT molecular complexity index is 317. The molecule has 1 fully saturated rings. The van der Waals surface area contributed by atoms with E-state index in [9.17, 15) is 0 Å². The van der Waals surface area contributed by atoms with Crippen LogP contribution in [0.2, 0.25) is 0 Å². The highest BCUT2D eigenvalue weighted by Gasteiger charge is 2.28. The minimum atomic E-state index is 0.400. The van der Waals surface area contributed by atoms with Gasteiger partial charge in [0.05, 0.1) is 0 Å². The summed E-state index contributed by atoms with van der Waals surface area (Å²) in [5.74, 6) is 0.926. The van der Waals surface area contributed by atoms with Crippen molar-refractivity contribution in [2.75, 3.05) is 32.0 Å².